The zero-order valence-electron chi connectivity index (χ0n) is 8.85. The number of hydrogen-bond donors (Lipinski definition) is 1. The van der Waals surface area contributed by atoms with Gasteiger partial charge in [-0.3, -0.25) is 0 Å². The zero-order valence-corrected chi connectivity index (χ0v) is 9.67. The van der Waals surface area contributed by atoms with Gasteiger partial charge in [-0.1, -0.05) is 22.7 Å². The van der Waals surface area contributed by atoms with E-state index in [1.807, 2.05) is 13.0 Å². The van der Waals surface area contributed by atoms with Gasteiger partial charge in [-0.2, -0.15) is 0 Å². The van der Waals surface area contributed by atoms with Crippen molar-refractivity contribution in [2.24, 2.45) is 0 Å². The highest BCUT2D eigenvalue weighted by Gasteiger charge is 2.08. The molecule has 0 spiro atoms. The highest BCUT2D eigenvalue weighted by molar-refractivity contribution is 7.09. The highest BCUT2D eigenvalue weighted by Crippen LogP contribution is 2.14. The van der Waals surface area contributed by atoms with Gasteiger partial charge in [0, 0.05) is 17.6 Å². The number of aromatic nitrogens is 2. The molecule has 16 heavy (non-hydrogen) atoms. The molecule has 0 aliphatic heterocycles. The first kappa shape index (κ1) is 11.0. The quantitative estimate of drug-likeness (QED) is 0.888. The molecule has 1 aromatic heterocycles. The summed E-state index contributed by atoms with van der Waals surface area (Å²) in [5.41, 5.74) is 0.722. The number of benzene rings is 1. The lowest BCUT2D eigenvalue weighted by atomic mass is 10.1. The van der Waals surface area contributed by atoms with E-state index in [1.165, 1.54) is 17.6 Å². The molecule has 0 amide bonds. The van der Waals surface area contributed by atoms with Crippen LogP contribution in [0, 0.1) is 5.82 Å². The molecule has 0 aliphatic carbocycles. The molecule has 3 nitrogen and oxygen atoms in total. The SMILES string of the molecule is CC(Cc1ccccc1F)Nc1cnns1. The summed E-state index contributed by atoms with van der Waals surface area (Å²) in [6.07, 6.45) is 2.31. The summed E-state index contributed by atoms with van der Waals surface area (Å²) in [6.45, 7) is 2.01. The molecule has 84 valence electrons. The second kappa shape index (κ2) is 5.03. The zero-order chi connectivity index (χ0) is 11.4. The third-order valence-corrected chi connectivity index (χ3v) is 2.83. The Labute approximate surface area is 97.5 Å². The van der Waals surface area contributed by atoms with Gasteiger partial charge in [-0.25, -0.2) is 4.39 Å². The average Bonchev–Trinajstić information content (AvgIpc) is 2.74. The van der Waals surface area contributed by atoms with Crippen molar-refractivity contribution < 1.29 is 4.39 Å². The summed E-state index contributed by atoms with van der Waals surface area (Å²) in [5.74, 6) is -0.154. The fourth-order valence-corrected chi connectivity index (χ4v) is 2.05. The molecule has 0 saturated heterocycles. The van der Waals surface area contributed by atoms with Crippen molar-refractivity contribution >= 4 is 16.5 Å². The molecule has 1 aromatic carbocycles. The number of hydrogen-bond acceptors (Lipinski definition) is 4. The van der Waals surface area contributed by atoms with Gasteiger partial charge in [0.25, 0.3) is 0 Å². The maximum atomic E-state index is 13.4. The molecule has 0 bridgehead atoms. The minimum Gasteiger partial charge on any atom is -0.372 e. The predicted molar refractivity (Wildman–Crippen MR) is 63.1 cm³/mol. The second-order valence-electron chi connectivity index (χ2n) is 3.62. The lowest BCUT2D eigenvalue weighted by molar-refractivity contribution is 0.601. The van der Waals surface area contributed by atoms with Crippen molar-refractivity contribution in [3.8, 4) is 0 Å². The van der Waals surface area contributed by atoms with Gasteiger partial charge >= 0.3 is 0 Å². The van der Waals surface area contributed by atoms with Crippen molar-refractivity contribution in [3.05, 3.63) is 41.8 Å². The Morgan fingerprint density at radius 1 is 1.44 bits per heavy atom. The summed E-state index contributed by atoms with van der Waals surface area (Å²) in [7, 11) is 0. The number of halogens is 1. The van der Waals surface area contributed by atoms with E-state index in [1.54, 1.807) is 18.3 Å². The first-order chi connectivity index (χ1) is 7.75. The third kappa shape index (κ3) is 2.76. The third-order valence-electron chi connectivity index (χ3n) is 2.23. The molecule has 0 saturated carbocycles. The normalized spacial score (nSPS) is 12.4. The molecule has 1 heterocycles. The Hall–Kier alpha value is -1.49. The molecule has 1 N–H and O–H groups in total. The molecule has 5 heteroatoms. The smallest absolute Gasteiger partial charge is 0.130 e. The molecule has 1 atom stereocenters. The standard InChI is InChI=1S/C11H12FN3S/c1-8(14-11-7-13-15-16-11)6-9-4-2-3-5-10(9)12/h2-5,7-8,14H,6H2,1H3. The lowest BCUT2D eigenvalue weighted by Crippen LogP contribution is -2.17. The van der Waals surface area contributed by atoms with Crippen LogP contribution in [0.2, 0.25) is 0 Å². The van der Waals surface area contributed by atoms with E-state index in [0.29, 0.717) is 6.42 Å². The van der Waals surface area contributed by atoms with Crippen LogP contribution in [0.3, 0.4) is 0 Å². The minimum absolute atomic E-state index is 0.152. The van der Waals surface area contributed by atoms with Gasteiger partial charge in [0.2, 0.25) is 0 Å². The van der Waals surface area contributed by atoms with E-state index in [0.717, 1.165) is 10.6 Å². The van der Waals surface area contributed by atoms with Gasteiger partial charge in [0.05, 0.1) is 6.20 Å². The van der Waals surface area contributed by atoms with Crippen molar-refractivity contribution in [2.45, 2.75) is 19.4 Å². The largest absolute Gasteiger partial charge is 0.372 e. The molecule has 2 rings (SSSR count). The van der Waals surface area contributed by atoms with Crippen LogP contribution in [0.25, 0.3) is 0 Å². The maximum Gasteiger partial charge on any atom is 0.130 e. The summed E-state index contributed by atoms with van der Waals surface area (Å²) < 4.78 is 17.1. The number of nitrogens with one attached hydrogen (secondary N) is 1. The van der Waals surface area contributed by atoms with Crippen LogP contribution >= 0.6 is 11.5 Å². The second-order valence-corrected chi connectivity index (χ2v) is 4.41. The van der Waals surface area contributed by atoms with Gasteiger partial charge in [0.15, 0.2) is 0 Å². The Balaban J connectivity index is 1.97. The number of anilines is 1. The van der Waals surface area contributed by atoms with E-state index in [9.17, 15) is 4.39 Å². The van der Waals surface area contributed by atoms with E-state index in [2.05, 4.69) is 14.9 Å². The molecule has 1 unspecified atom stereocenters. The Kier molecular flexibility index (Phi) is 3.46. The van der Waals surface area contributed by atoms with Crippen LogP contribution in [-0.2, 0) is 6.42 Å². The van der Waals surface area contributed by atoms with E-state index in [4.69, 9.17) is 0 Å². The number of rotatable bonds is 4. The molecular weight excluding hydrogens is 225 g/mol. The van der Waals surface area contributed by atoms with Crippen molar-refractivity contribution in [3.63, 3.8) is 0 Å². The Bertz CT molecular complexity index is 444. The fraction of sp³-hybridized carbons (Fsp3) is 0.273. The van der Waals surface area contributed by atoms with E-state index in [-0.39, 0.29) is 11.9 Å². The monoisotopic (exact) mass is 237 g/mol. The van der Waals surface area contributed by atoms with Gasteiger partial charge in [0.1, 0.15) is 10.8 Å². The van der Waals surface area contributed by atoms with Crippen molar-refractivity contribution in [1.82, 2.24) is 9.59 Å². The van der Waals surface area contributed by atoms with Crippen LogP contribution in [0.4, 0.5) is 9.39 Å². The molecular formula is C11H12FN3S. The predicted octanol–water partition coefficient (Wildman–Crippen LogP) is 2.72. The average molecular weight is 237 g/mol. The fourth-order valence-electron chi connectivity index (χ4n) is 1.52. The Morgan fingerprint density at radius 3 is 2.94 bits per heavy atom. The van der Waals surface area contributed by atoms with Crippen molar-refractivity contribution in [1.29, 1.82) is 0 Å². The highest BCUT2D eigenvalue weighted by atomic mass is 32.1. The summed E-state index contributed by atoms with van der Waals surface area (Å²) in [5, 5.41) is 7.86. The summed E-state index contributed by atoms with van der Waals surface area (Å²) in [6, 6.07) is 6.98. The first-order valence-electron chi connectivity index (χ1n) is 5.03. The van der Waals surface area contributed by atoms with Crippen LogP contribution < -0.4 is 5.32 Å². The van der Waals surface area contributed by atoms with E-state index < -0.39 is 0 Å². The maximum absolute atomic E-state index is 13.4. The van der Waals surface area contributed by atoms with Crippen LogP contribution in [-0.4, -0.2) is 15.6 Å². The van der Waals surface area contributed by atoms with E-state index >= 15 is 0 Å². The molecule has 0 fully saturated rings. The Morgan fingerprint density at radius 2 is 2.25 bits per heavy atom. The number of nitrogens with zero attached hydrogens (tertiary/aromatic N) is 2. The summed E-state index contributed by atoms with van der Waals surface area (Å²) in [4.78, 5) is 0. The molecule has 2 aromatic rings. The topological polar surface area (TPSA) is 37.8 Å². The van der Waals surface area contributed by atoms with Crippen molar-refractivity contribution in [2.75, 3.05) is 5.32 Å². The van der Waals surface area contributed by atoms with Gasteiger partial charge < -0.3 is 5.32 Å². The van der Waals surface area contributed by atoms with Gasteiger partial charge in [-0.05, 0) is 25.0 Å². The lowest BCUT2D eigenvalue weighted by Gasteiger charge is -2.13. The molecule has 0 radical (unpaired) electrons. The van der Waals surface area contributed by atoms with Crippen LogP contribution in [0.15, 0.2) is 30.5 Å². The van der Waals surface area contributed by atoms with Gasteiger partial charge in [-0.15, -0.1) is 5.10 Å². The first-order valence-corrected chi connectivity index (χ1v) is 5.80. The molecule has 0 aliphatic rings. The minimum atomic E-state index is -0.154. The van der Waals surface area contributed by atoms with Crippen LogP contribution in [0.5, 0.6) is 0 Å². The van der Waals surface area contributed by atoms with Crippen LogP contribution in [0.1, 0.15) is 12.5 Å². The summed E-state index contributed by atoms with van der Waals surface area (Å²) >= 11 is 1.30.